The lowest BCUT2D eigenvalue weighted by Crippen LogP contribution is -2.49. The van der Waals surface area contributed by atoms with Gasteiger partial charge in [-0.25, -0.2) is 0 Å². The minimum absolute atomic E-state index is 0.00321. The Bertz CT molecular complexity index is 813. The van der Waals surface area contributed by atoms with Crippen LogP contribution in [0.1, 0.15) is 25.3 Å². The number of hydrogen-bond acceptors (Lipinski definition) is 4. The molecule has 1 fully saturated rings. The molecule has 1 aromatic heterocycles. The molecule has 0 amide bonds. The molecule has 138 valence electrons. The van der Waals surface area contributed by atoms with Crippen molar-refractivity contribution in [2.75, 3.05) is 24.5 Å². The monoisotopic (exact) mass is 362 g/mol. The topological polar surface area (TPSA) is 52.0 Å². The Hall–Kier alpha value is -2.33. The Morgan fingerprint density at radius 3 is 2.85 bits per heavy atom. The quantitative estimate of drug-likeness (QED) is 0.897. The van der Waals surface area contributed by atoms with Gasteiger partial charge in [0.15, 0.2) is 0 Å². The average molecular weight is 362 g/mol. The molecule has 2 aromatic rings. The number of piperidine rings is 1. The first-order chi connectivity index (χ1) is 12.4. The number of benzene rings is 1. The van der Waals surface area contributed by atoms with Crippen molar-refractivity contribution >= 4 is 16.6 Å². The number of hydrogen-bond donors (Lipinski definition) is 1. The third kappa shape index (κ3) is 4.25. The lowest BCUT2D eigenvalue weighted by Gasteiger charge is -2.39. The summed E-state index contributed by atoms with van der Waals surface area (Å²) in [5.74, 6) is 0.356. The first kappa shape index (κ1) is 18.5. The zero-order chi connectivity index (χ0) is 18.7. The number of nitrogens with one attached hydrogen (secondary N) is 1. The fraction of sp³-hybridized carbons (Fsp3) is 0.474. The summed E-state index contributed by atoms with van der Waals surface area (Å²) < 4.78 is 37.2. The van der Waals surface area contributed by atoms with Crippen LogP contribution >= 0.6 is 0 Å². The number of rotatable bonds is 4. The SMILES string of the molecule is C[C@H]1C[C@@H](NCCC(F)(F)F)CN(c2ccc(C#N)c3ncccc23)C1. The Kier molecular flexibility index (Phi) is 5.33. The number of halogens is 3. The number of anilines is 1. The number of pyridine rings is 1. The molecule has 0 bridgehead atoms. The molecule has 0 aliphatic carbocycles. The summed E-state index contributed by atoms with van der Waals surface area (Å²) in [5.41, 5.74) is 2.16. The van der Waals surface area contributed by atoms with E-state index in [4.69, 9.17) is 0 Å². The standard InChI is InChI=1S/C19H21F3N4/c1-13-9-15(24-8-6-19(20,21)22)12-26(11-13)17-5-4-14(10-23)18-16(17)3-2-7-25-18/h2-5,7,13,15,24H,6,8-9,11-12H2,1H3/t13-,15+/m0/s1. The van der Waals surface area contributed by atoms with Crippen LogP contribution < -0.4 is 10.2 Å². The summed E-state index contributed by atoms with van der Waals surface area (Å²) >= 11 is 0. The van der Waals surface area contributed by atoms with Crippen LogP contribution in [0.15, 0.2) is 30.5 Å². The average Bonchev–Trinajstić information content (AvgIpc) is 2.59. The van der Waals surface area contributed by atoms with Gasteiger partial charge in [-0.15, -0.1) is 0 Å². The summed E-state index contributed by atoms with van der Waals surface area (Å²) in [6.45, 7) is 3.50. The number of alkyl halides is 3. The van der Waals surface area contributed by atoms with E-state index in [1.54, 1.807) is 12.3 Å². The molecule has 0 unspecified atom stereocenters. The highest BCUT2D eigenvalue weighted by molar-refractivity contribution is 5.95. The molecule has 1 aromatic carbocycles. The van der Waals surface area contributed by atoms with Gasteiger partial charge in [0.2, 0.25) is 0 Å². The number of aromatic nitrogens is 1. The van der Waals surface area contributed by atoms with Crippen LogP contribution in [0.5, 0.6) is 0 Å². The summed E-state index contributed by atoms with van der Waals surface area (Å²) in [4.78, 5) is 6.52. The van der Waals surface area contributed by atoms with Crippen molar-refractivity contribution < 1.29 is 13.2 Å². The predicted molar refractivity (Wildman–Crippen MR) is 94.9 cm³/mol. The van der Waals surface area contributed by atoms with Crippen LogP contribution in [0.3, 0.4) is 0 Å². The maximum Gasteiger partial charge on any atom is 0.390 e. The molecule has 2 heterocycles. The van der Waals surface area contributed by atoms with Gasteiger partial charge in [-0.1, -0.05) is 6.92 Å². The Morgan fingerprint density at radius 2 is 2.12 bits per heavy atom. The predicted octanol–water partition coefficient (Wildman–Crippen LogP) is 3.86. The van der Waals surface area contributed by atoms with Crippen molar-refractivity contribution in [1.29, 1.82) is 5.26 Å². The van der Waals surface area contributed by atoms with E-state index in [0.717, 1.165) is 24.0 Å². The van der Waals surface area contributed by atoms with Crippen LogP contribution in [0, 0.1) is 17.2 Å². The van der Waals surface area contributed by atoms with E-state index in [2.05, 4.69) is 28.2 Å². The van der Waals surface area contributed by atoms with Crippen molar-refractivity contribution in [1.82, 2.24) is 10.3 Å². The van der Waals surface area contributed by atoms with Gasteiger partial charge in [0.1, 0.15) is 6.07 Å². The van der Waals surface area contributed by atoms with Gasteiger partial charge >= 0.3 is 6.18 Å². The molecule has 26 heavy (non-hydrogen) atoms. The van der Waals surface area contributed by atoms with E-state index in [-0.39, 0.29) is 12.6 Å². The van der Waals surface area contributed by atoms with E-state index < -0.39 is 12.6 Å². The summed E-state index contributed by atoms with van der Waals surface area (Å²) in [5, 5.41) is 13.2. The number of nitrogens with zero attached hydrogens (tertiary/aromatic N) is 3. The molecule has 0 saturated carbocycles. The zero-order valence-electron chi connectivity index (χ0n) is 14.6. The molecule has 1 N–H and O–H groups in total. The second-order valence-electron chi connectivity index (χ2n) is 6.91. The van der Waals surface area contributed by atoms with Crippen LogP contribution in [-0.2, 0) is 0 Å². The van der Waals surface area contributed by atoms with Gasteiger partial charge in [0.25, 0.3) is 0 Å². The molecule has 2 atom stereocenters. The Morgan fingerprint density at radius 1 is 1.31 bits per heavy atom. The fourth-order valence-corrected chi connectivity index (χ4v) is 3.64. The summed E-state index contributed by atoms with van der Waals surface area (Å²) in [6, 6.07) is 9.60. The zero-order valence-corrected chi connectivity index (χ0v) is 14.6. The minimum atomic E-state index is -4.14. The third-order valence-corrected chi connectivity index (χ3v) is 4.71. The van der Waals surface area contributed by atoms with Crippen molar-refractivity contribution in [3.8, 4) is 6.07 Å². The molecular weight excluding hydrogens is 341 g/mol. The molecule has 7 heteroatoms. The molecule has 0 radical (unpaired) electrons. The third-order valence-electron chi connectivity index (χ3n) is 4.71. The highest BCUT2D eigenvalue weighted by atomic mass is 19.4. The van der Waals surface area contributed by atoms with Crippen LogP contribution in [0.2, 0.25) is 0 Å². The Balaban J connectivity index is 1.81. The lowest BCUT2D eigenvalue weighted by molar-refractivity contribution is -0.133. The molecule has 1 aliphatic heterocycles. The smallest absolute Gasteiger partial charge is 0.369 e. The molecule has 1 saturated heterocycles. The number of nitriles is 1. The maximum absolute atomic E-state index is 12.4. The van der Waals surface area contributed by atoms with E-state index in [9.17, 15) is 18.4 Å². The van der Waals surface area contributed by atoms with Crippen molar-refractivity contribution in [3.05, 3.63) is 36.0 Å². The largest absolute Gasteiger partial charge is 0.390 e. The fourth-order valence-electron chi connectivity index (χ4n) is 3.64. The van der Waals surface area contributed by atoms with Gasteiger partial charge in [0.05, 0.1) is 17.5 Å². The van der Waals surface area contributed by atoms with E-state index in [1.807, 2.05) is 18.2 Å². The minimum Gasteiger partial charge on any atom is -0.369 e. The molecule has 3 rings (SSSR count). The van der Waals surface area contributed by atoms with E-state index in [1.165, 1.54) is 0 Å². The highest BCUT2D eigenvalue weighted by Gasteiger charge is 2.29. The molecular formula is C19H21F3N4. The number of fused-ring (bicyclic) bond motifs is 1. The Labute approximate surface area is 150 Å². The second kappa shape index (κ2) is 7.50. The molecule has 0 spiro atoms. The first-order valence-corrected chi connectivity index (χ1v) is 8.70. The lowest BCUT2D eigenvalue weighted by atomic mass is 9.94. The normalized spacial score (nSPS) is 21.0. The van der Waals surface area contributed by atoms with E-state index in [0.29, 0.717) is 23.5 Å². The van der Waals surface area contributed by atoms with Crippen molar-refractivity contribution in [3.63, 3.8) is 0 Å². The molecule has 1 aliphatic rings. The summed E-state index contributed by atoms with van der Waals surface area (Å²) in [6.07, 6.45) is -2.45. The van der Waals surface area contributed by atoms with Gasteiger partial charge in [0, 0.05) is 42.9 Å². The molecule has 4 nitrogen and oxygen atoms in total. The van der Waals surface area contributed by atoms with Crippen LogP contribution in [0.4, 0.5) is 18.9 Å². The summed E-state index contributed by atoms with van der Waals surface area (Å²) in [7, 11) is 0. The van der Waals surface area contributed by atoms with Gasteiger partial charge < -0.3 is 10.2 Å². The highest BCUT2D eigenvalue weighted by Crippen LogP contribution is 2.31. The second-order valence-corrected chi connectivity index (χ2v) is 6.91. The van der Waals surface area contributed by atoms with Gasteiger partial charge in [-0.2, -0.15) is 18.4 Å². The van der Waals surface area contributed by atoms with Gasteiger partial charge in [-0.3, -0.25) is 4.98 Å². The van der Waals surface area contributed by atoms with Crippen molar-refractivity contribution in [2.24, 2.45) is 5.92 Å². The van der Waals surface area contributed by atoms with E-state index >= 15 is 0 Å². The van der Waals surface area contributed by atoms with Crippen LogP contribution in [0.25, 0.3) is 10.9 Å². The van der Waals surface area contributed by atoms with Crippen LogP contribution in [-0.4, -0.2) is 36.8 Å². The van der Waals surface area contributed by atoms with Gasteiger partial charge in [-0.05, 0) is 36.6 Å². The maximum atomic E-state index is 12.4. The first-order valence-electron chi connectivity index (χ1n) is 8.70. The van der Waals surface area contributed by atoms with Crippen molar-refractivity contribution in [2.45, 2.75) is 32.0 Å².